The fraction of sp³-hybridized carbons (Fsp3) is 0.290. The zero-order valence-corrected chi connectivity index (χ0v) is 20.2. The summed E-state index contributed by atoms with van der Waals surface area (Å²) in [4.78, 5) is 2.49. The van der Waals surface area contributed by atoms with Crippen LogP contribution in [0.3, 0.4) is 0 Å². The van der Waals surface area contributed by atoms with Gasteiger partial charge in [-0.2, -0.15) is 0 Å². The number of nitrogens with zero attached hydrogens (tertiary/aromatic N) is 1. The summed E-state index contributed by atoms with van der Waals surface area (Å²) in [6.07, 6.45) is 2.63. The van der Waals surface area contributed by atoms with Crippen LogP contribution in [0.1, 0.15) is 41.0 Å². The van der Waals surface area contributed by atoms with Crippen molar-refractivity contribution in [3.8, 4) is 11.5 Å². The van der Waals surface area contributed by atoms with Crippen LogP contribution in [0.5, 0.6) is 11.5 Å². The van der Waals surface area contributed by atoms with Crippen molar-refractivity contribution in [1.82, 2.24) is 4.90 Å². The molecule has 1 atom stereocenters. The van der Waals surface area contributed by atoms with Gasteiger partial charge in [-0.3, -0.25) is 4.90 Å². The first-order chi connectivity index (χ1) is 16.7. The van der Waals surface area contributed by atoms with Crippen LogP contribution in [0.25, 0.3) is 10.8 Å². The Morgan fingerprint density at radius 2 is 1.53 bits per heavy atom. The van der Waals surface area contributed by atoms with Crippen molar-refractivity contribution in [3.63, 3.8) is 0 Å². The topological polar surface area (TPSA) is 21.7 Å². The fourth-order valence-corrected chi connectivity index (χ4v) is 5.19. The van der Waals surface area contributed by atoms with E-state index in [4.69, 9.17) is 9.47 Å². The van der Waals surface area contributed by atoms with Gasteiger partial charge in [0, 0.05) is 12.5 Å². The highest BCUT2D eigenvalue weighted by Gasteiger charge is 2.21. The molecule has 174 valence electrons. The molecule has 0 radical (unpaired) electrons. The Labute approximate surface area is 202 Å². The molecular formula is C31H33NO2. The van der Waals surface area contributed by atoms with Crippen LogP contribution in [-0.2, 0) is 0 Å². The van der Waals surface area contributed by atoms with Crippen molar-refractivity contribution >= 4 is 10.8 Å². The van der Waals surface area contributed by atoms with Gasteiger partial charge in [-0.15, -0.1) is 0 Å². The van der Waals surface area contributed by atoms with E-state index >= 15 is 0 Å². The summed E-state index contributed by atoms with van der Waals surface area (Å²) < 4.78 is 11.6. The third-order valence-corrected chi connectivity index (χ3v) is 7.01. The molecule has 1 aliphatic heterocycles. The summed E-state index contributed by atoms with van der Waals surface area (Å²) in [7, 11) is 1.71. The minimum atomic E-state index is 0.121. The quantitative estimate of drug-likeness (QED) is 0.275. The highest BCUT2D eigenvalue weighted by Crippen LogP contribution is 2.39. The molecule has 0 N–H and O–H groups in total. The van der Waals surface area contributed by atoms with Crippen LogP contribution in [-0.4, -0.2) is 38.3 Å². The number of rotatable bonds is 8. The highest BCUT2D eigenvalue weighted by atomic mass is 16.5. The number of aryl methyl sites for hydroxylation is 1. The lowest BCUT2D eigenvalue weighted by Crippen LogP contribution is -2.25. The van der Waals surface area contributed by atoms with Crippen LogP contribution in [0.2, 0.25) is 0 Å². The minimum absolute atomic E-state index is 0.121. The van der Waals surface area contributed by atoms with E-state index in [1.165, 1.54) is 59.0 Å². The summed E-state index contributed by atoms with van der Waals surface area (Å²) >= 11 is 0. The molecular weight excluding hydrogens is 418 g/mol. The molecule has 1 aliphatic rings. The number of likely N-dealkylation sites (tertiary alicyclic amines) is 1. The van der Waals surface area contributed by atoms with Gasteiger partial charge in [0.25, 0.3) is 0 Å². The van der Waals surface area contributed by atoms with Gasteiger partial charge in [0.05, 0.1) is 7.11 Å². The molecule has 5 rings (SSSR count). The molecule has 0 saturated carbocycles. The number of ether oxygens (including phenoxy) is 2. The predicted molar refractivity (Wildman–Crippen MR) is 140 cm³/mol. The number of benzene rings is 4. The van der Waals surface area contributed by atoms with Crippen LogP contribution in [0, 0.1) is 6.92 Å². The summed E-state index contributed by atoms with van der Waals surface area (Å²) in [5.74, 6) is 1.95. The zero-order chi connectivity index (χ0) is 23.3. The molecule has 34 heavy (non-hydrogen) atoms. The Balaban J connectivity index is 1.49. The van der Waals surface area contributed by atoms with Crippen LogP contribution < -0.4 is 9.47 Å². The van der Waals surface area contributed by atoms with Gasteiger partial charge >= 0.3 is 0 Å². The average molecular weight is 452 g/mol. The highest BCUT2D eigenvalue weighted by molar-refractivity contribution is 5.87. The van der Waals surface area contributed by atoms with Crippen LogP contribution in [0.15, 0.2) is 84.9 Å². The van der Waals surface area contributed by atoms with E-state index in [0.29, 0.717) is 0 Å². The van der Waals surface area contributed by atoms with Crippen molar-refractivity contribution < 1.29 is 9.47 Å². The van der Waals surface area contributed by atoms with Crippen LogP contribution in [0.4, 0.5) is 0 Å². The number of hydrogen-bond donors (Lipinski definition) is 0. The Kier molecular flexibility index (Phi) is 6.82. The van der Waals surface area contributed by atoms with E-state index in [1.807, 2.05) is 0 Å². The second kappa shape index (κ2) is 10.3. The SMILES string of the molecule is COc1ccc(C(c2ccc(OCCN3CCCC3)cc2C)c2cccc3ccccc23)cc1. The summed E-state index contributed by atoms with van der Waals surface area (Å²) in [6, 6.07) is 30.3. The Bertz CT molecular complexity index is 1240. The third-order valence-electron chi connectivity index (χ3n) is 7.01. The zero-order valence-electron chi connectivity index (χ0n) is 20.2. The molecule has 0 aromatic heterocycles. The van der Waals surface area contributed by atoms with E-state index in [2.05, 4.69) is 96.8 Å². The van der Waals surface area contributed by atoms with Gasteiger partial charge < -0.3 is 9.47 Å². The maximum Gasteiger partial charge on any atom is 0.119 e. The second-order valence-corrected chi connectivity index (χ2v) is 9.19. The van der Waals surface area contributed by atoms with E-state index in [9.17, 15) is 0 Å². The molecule has 0 aliphatic carbocycles. The second-order valence-electron chi connectivity index (χ2n) is 9.19. The van der Waals surface area contributed by atoms with Gasteiger partial charge in [0.2, 0.25) is 0 Å². The molecule has 1 unspecified atom stereocenters. The standard InChI is InChI=1S/C31H33NO2/c1-23-22-27(34-21-20-32-18-5-6-19-32)16-17-28(23)31(25-12-14-26(33-2)15-13-25)30-11-7-9-24-8-3-4-10-29(24)30/h3-4,7-17,22,31H,5-6,18-21H2,1-2H3. The summed E-state index contributed by atoms with van der Waals surface area (Å²) in [5.41, 5.74) is 5.11. The van der Waals surface area contributed by atoms with Gasteiger partial charge in [0.15, 0.2) is 0 Å². The summed E-state index contributed by atoms with van der Waals surface area (Å²) in [6.45, 7) is 6.35. The maximum absolute atomic E-state index is 6.14. The molecule has 0 bridgehead atoms. The molecule has 0 spiro atoms. The first-order valence-corrected chi connectivity index (χ1v) is 12.3. The number of methoxy groups -OCH3 is 1. The van der Waals surface area contributed by atoms with Crippen LogP contribution >= 0.6 is 0 Å². The van der Waals surface area contributed by atoms with E-state index in [0.717, 1.165) is 24.7 Å². The van der Waals surface area contributed by atoms with E-state index in [-0.39, 0.29) is 5.92 Å². The lowest BCUT2D eigenvalue weighted by Gasteiger charge is -2.23. The van der Waals surface area contributed by atoms with Crippen molar-refractivity contribution in [3.05, 3.63) is 107 Å². The minimum Gasteiger partial charge on any atom is -0.497 e. The van der Waals surface area contributed by atoms with Crippen molar-refractivity contribution in [2.24, 2.45) is 0 Å². The van der Waals surface area contributed by atoms with Gasteiger partial charge in [-0.25, -0.2) is 0 Å². The molecule has 4 aromatic rings. The molecule has 4 aromatic carbocycles. The number of fused-ring (bicyclic) bond motifs is 1. The number of hydrogen-bond acceptors (Lipinski definition) is 3. The Morgan fingerprint density at radius 1 is 0.794 bits per heavy atom. The van der Waals surface area contributed by atoms with E-state index < -0.39 is 0 Å². The molecule has 3 heteroatoms. The largest absolute Gasteiger partial charge is 0.497 e. The Hall–Kier alpha value is -3.30. The third kappa shape index (κ3) is 4.80. The van der Waals surface area contributed by atoms with Crippen molar-refractivity contribution in [2.75, 3.05) is 33.4 Å². The van der Waals surface area contributed by atoms with Crippen molar-refractivity contribution in [2.45, 2.75) is 25.7 Å². The smallest absolute Gasteiger partial charge is 0.119 e. The monoisotopic (exact) mass is 451 g/mol. The van der Waals surface area contributed by atoms with Crippen molar-refractivity contribution in [1.29, 1.82) is 0 Å². The molecule has 1 saturated heterocycles. The lowest BCUT2D eigenvalue weighted by atomic mass is 9.81. The Morgan fingerprint density at radius 3 is 2.29 bits per heavy atom. The van der Waals surface area contributed by atoms with Gasteiger partial charge in [0.1, 0.15) is 18.1 Å². The van der Waals surface area contributed by atoms with E-state index in [1.54, 1.807) is 7.11 Å². The van der Waals surface area contributed by atoms with Gasteiger partial charge in [-0.1, -0.05) is 60.7 Å². The lowest BCUT2D eigenvalue weighted by molar-refractivity contribution is 0.237. The normalized spacial score (nSPS) is 14.9. The first-order valence-electron chi connectivity index (χ1n) is 12.3. The summed E-state index contributed by atoms with van der Waals surface area (Å²) in [5, 5.41) is 2.55. The van der Waals surface area contributed by atoms with Gasteiger partial charge in [-0.05, 0) is 90.1 Å². The molecule has 1 heterocycles. The predicted octanol–water partition coefficient (Wildman–Crippen LogP) is 6.81. The first kappa shape index (κ1) is 22.5. The fourth-order valence-electron chi connectivity index (χ4n) is 5.19. The molecule has 3 nitrogen and oxygen atoms in total. The average Bonchev–Trinajstić information content (AvgIpc) is 3.39. The maximum atomic E-state index is 6.14. The molecule has 0 amide bonds. The molecule has 1 fully saturated rings.